The predicted octanol–water partition coefficient (Wildman–Crippen LogP) is 2.58. The topological polar surface area (TPSA) is 36.4 Å². The zero-order chi connectivity index (χ0) is 15.9. The van der Waals surface area contributed by atoms with Crippen molar-refractivity contribution in [2.45, 2.75) is 19.9 Å². The van der Waals surface area contributed by atoms with E-state index in [1.165, 1.54) is 9.75 Å². The summed E-state index contributed by atoms with van der Waals surface area (Å²) in [6.45, 7) is 4.40. The Hall–Kier alpha value is -1.72. The van der Waals surface area contributed by atoms with E-state index in [0.717, 1.165) is 18.7 Å². The first-order chi connectivity index (χ1) is 10.5. The van der Waals surface area contributed by atoms with E-state index in [-0.39, 0.29) is 5.91 Å². The standard InChI is InChI=1S/C17H23N3OS/c1-14-4-5-16(22-14)13-20(11-10-19(2)3)17(21)12-15-6-8-18-9-7-15/h4-9H,10-13H2,1-3H3. The van der Waals surface area contributed by atoms with Crippen molar-refractivity contribution in [3.63, 3.8) is 0 Å². The fourth-order valence-electron chi connectivity index (χ4n) is 2.16. The van der Waals surface area contributed by atoms with Gasteiger partial charge in [-0.05, 0) is 50.8 Å². The molecule has 118 valence electrons. The van der Waals surface area contributed by atoms with E-state index in [1.807, 2.05) is 31.1 Å². The normalized spacial score (nSPS) is 10.9. The zero-order valence-corrected chi connectivity index (χ0v) is 14.3. The molecule has 2 heterocycles. The number of rotatable bonds is 7. The number of amides is 1. The maximum atomic E-state index is 12.6. The molecule has 0 spiro atoms. The Kier molecular flexibility index (Phi) is 6.10. The van der Waals surface area contributed by atoms with Crippen LogP contribution in [0.1, 0.15) is 15.3 Å². The summed E-state index contributed by atoms with van der Waals surface area (Å²) < 4.78 is 0. The minimum Gasteiger partial charge on any atom is -0.336 e. The second-order valence-electron chi connectivity index (χ2n) is 5.66. The van der Waals surface area contributed by atoms with Crippen LogP contribution >= 0.6 is 11.3 Å². The molecule has 0 aromatic carbocycles. The van der Waals surface area contributed by atoms with E-state index in [2.05, 4.69) is 28.9 Å². The van der Waals surface area contributed by atoms with Gasteiger partial charge in [-0.15, -0.1) is 11.3 Å². The molecule has 5 heteroatoms. The van der Waals surface area contributed by atoms with Crippen LogP contribution in [0, 0.1) is 6.92 Å². The van der Waals surface area contributed by atoms with Gasteiger partial charge >= 0.3 is 0 Å². The molecule has 0 aliphatic heterocycles. The van der Waals surface area contributed by atoms with Crippen molar-refractivity contribution in [3.05, 3.63) is 52.0 Å². The third-order valence-corrected chi connectivity index (χ3v) is 4.40. The molecule has 0 bridgehead atoms. The van der Waals surface area contributed by atoms with E-state index in [0.29, 0.717) is 13.0 Å². The number of likely N-dealkylation sites (N-methyl/N-ethyl adjacent to an activating group) is 1. The lowest BCUT2D eigenvalue weighted by molar-refractivity contribution is -0.131. The largest absolute Gasteiger partial charge is 0.336 e. The molecule has 2 aromatic heterocycles. The van der Waals surface area contributed by atoms with Gasteiger partial charge in [0.25, 0.3) is 0 Å². The molecule has 0 N–H and O–H groups in total. The number of hydrogen-bond donors (Lipinski definition) is 0. The van der Waals surface area contributed by atoms with E-state index in [1.54, 1.807) is 23.7 Å². The highest BCUT2D eigenvalue weighted by molar-refractivity contribution is 7.11. The van der Waals surface area contributed by atoms with Gasteiger partial charge in [0.2, 0.25) is 5.91 Å². The molecule has 2 aromatic rings. The molecule has 0 saturated carbocycles. The lowest BCUT2D eigenvalue weighted by Gasteiger charge is -2.24. The maximum absolute atomic E-state index is 12.6. The summed E-state index contributed by atoms with van der Waals surface area (Å²) in [5.74, 6) is 0.166. The van der Waals surface area contributed by atoms with Crippen LogP contribution in [0.3, 0.4) is 0 Å². The summed E-state index contributed by atoms with van der Waals surface area (Å²) in [5, 5.41) is 0. The summed E-state index contributed by atoms with van der Waals surface area (Å²) in [6, 6.07) is 8.02. The van der Waals surface area contributed by atoms with Crippen LogP contribution < -0.4 is 0 Å². The average Bonchev–Trinajstić information content (AvgIpc) is 2.89. The van der Waals surface area contributed by atoms with Gasteiger partial charge < -0.3 is 9.80 Å². The molecule has 22 heavy (non-hydrogen) atoms. The Balaban J connectivity index is 2.03. The molecule has 4 nitrogen and oxygen atoms in total. The number of thiophene rings is 1. The number of carbonyl (C=O) groups excluding carboxylic acids is 1. The fourth-order valence-corrected chi connectivity index (χ4v) is 3.06. The molecule has 0 unspecified atom stereocenters. The fraction of sp³-hybridized carbons (Fsp3) is 0.412. The quantitative estimate of drug-likeness (QED) is 0.787. The molecule has 0 atom stereocenters. The van der Waals surface area contributed by atoms with E-state index < -0.39 is 0 Å². The highest BCUT2D eigenvalue weighted by atomic mass is 32.1. The van der Waals surface area contributed by atoms with Crippen molar-refractivity contribution in [2.75, 3.05) is 27.2 Å². The van der Waals surface area contributed by atoms with Crippen LogP contribution in [0.15, 0.2) is 36.7 Å². The van der Waals surface area contributed by atoms with Crippen LogP contribution in [0.5, 0.6) is 0 Å². The second-order valence-corrected chi connectivity index (χ2v) is 7.04. The Morgan fingerprint density at radius 2 is 1.86 bits per heavy atom. The highest BCUT2D eigenvalue weighted by Gasteiger charge is 2.15. The number of pyridine rings is 1. The number of aromatic nitrogens is 1. The van der Waals surface area contributed by atoms with Gasteiger partial charge in [-0.25, -0.2) is 0 Å². The van der Waals surface area contributed by atoms with E-state index in [9.17, 15) is 4.79 Å². The lowest BCUT2D eigenvalue weighted by Crippen LogP contribution is -2.37. The van der Waals surface area contributed by atoms with E-state index >= 15 is 0 Å². The van der Waals surface area contributed by atoms with Crippen molar-refractivity contribution in [3.8, 4) is 0 Å². The Morgan fingerprint density at radius 1 is 1.14 bits per heavy atom. The molecular weight excluding hydrogens is 294 g/mol. The third kappa shape index (κ3) is 5.24. The lowest BCUT2D eigenvalue weighted by atomic mass is 10.2. The Morgan fingerprint density at radius 3 is 2.45 bits per heavy atom. The zero-order valence-electron chi connectivity index (χ0n) is 13.5. The first kappa shape index (κ1) is 16.6. The summed E-state index contributed by atoms with van der Waals surface area (Å²) >= 11 is 1.76. The summed E-state index contributed by atoms with van der Waals surface area (Å²) in [4.78, 5) is 23.2. The Labute approximate surface area is 136 Å². The minimum atomic E-state index is 0.166. The van der Waals surface area contributed by atoms with Gasteiger partial charge in [-0.2, -0.15) is 0 Å². The molecule has 1 amide bonds. The third-order valence-electron chi connectivity index (χ3n) is 3.42. The monoisotopic (exact) mass is 317 g/mol. The van der Waals surface area contributed by atoms with Crippen molar-refractivity contribution < 1.29 is 4.79 Å². The Bertz CT molecular complexity index is 595. The van der Waals surface area contributed by atoms with Crippen LogP contribution in [-0.4, -0.2) is 47.9 Å². The van der Waals surface area contributed by atoms with Crippen LogP contribution in [-0.2, 0) is 17.8 Å². The second kappa shape index (κ2) is 8.06. The summed E-state index contributed by atoms with van der Waals surface area (Å²) in [7, 11) is 4.06. The van der Waals surface area contributed by atoms with Crippen LogP contribution in [0.25, 0.3) is 0 Å². The molecule has 0 fully saturated rings. The molecular formula is C17H23N3OS. The van der Waals surface area contributed by atoms with Crippen LogP contribution in [0.2, 0.25) is 0 Å². The van der Waals surface area contributed by atoms with Crippen LogP contribution in [0.4, 0.5) is 0 Å². The van der Waals surface area contributed by atoms with Gasteiger partial charge in [0.15, 0.2) is 0 Å². The number of hydrogen-bond acceptors (Lipinski definition) is 4. The number of carbonyl (C=O) groups is 1. The summed E-state index contributed by atoms with van der Waals surface area (Å²) in [6.07, 6.45) is 3.89. The molecule has 2 rings (SSSR count). The first-order valence-corrected chi connectivity index (χ1v) is 8.23. The predicted molar refractivity (Wildman–Crippen MR) is 91.0 cm³/mol. The average molecular weight is 317 g/mol. The number of nitrogens with zero attached hydrogens (tertiary/aromatic N) is 3. The smallest absolute Gasteiger partial charge is 0.227 e. The summed E-state index contributed by atoms with van der Waals surface area (Å²) in [5.41, 5.74) is 1.01. The molecule has 0 saturated heterocycles. The molecule has 0 radical (unpaired) electrons. The SMILES string of the molecule is Cc1ccc(CN(CCN(C)C)C(=O)Cc2ccncc2)s1. The van der Waals surface area contributed by atoms with Crippen molar-refractivity contribution in [1.29, 1.82) is 0 Å². The van der Waals surface area contributed by atoms with Gasteiger partial charge in [-0.1, -0.05) is 0 Å². The molecule has 0 aliphatic rings. The van der Waals surface area contributed by atoms with E-state index in [4.69, 9.17) is 0 Å². The van der Waals surface area contributed by atoms with Crippen molar-refractivity contribution in [1.82, 2.24) is 14.8 Å². The molecule has 0 aliphatic carbocycles. The first-order valence-electron chi connectivity index (χ1n) is 7.41. The van der Waals surface area contributed by atoms with Gasteiger partial charge in [-0.3, -0.25) is 9.78 Å². The number of aryl methyl sites for hydroxylation is 1. The van der Waals surface area contributed by atoms with Gasteiger partial charge in [0.05, 0.1) is 13.0 Å². The van der Waals surface area contributed by atoms with Gasteiger partial charge in [0, 0.05) is 35.2 Å². The minimum absolute atomic E-state index is 0.166. The maximum Gasteiger partial charge on any atom is 0.227 e. The van der Waals surface area contributed by atoms with Gasteiger partial charge in [0.1, 0.15) is 0 Å². The highest BCUT2D eigenvalue weighted by Crippen LogP contribution is 2.17. The van der Waals surface area contributed by atoms with Crippen molar-refractivity contribution in [2.24, 2.45) is 0 Å². The van der Waals surface area contributed by atoms with Crippen molar-refractivity contribution >= 4 is 17.2 Å².